The SMILES string of the molecule is CCC(O)(CC)CNC(=O)COc1c(C)nn(C)c1C. The molecule has 0 aliphatic carbocycles. The zero-order valence-corrected chi connectivity index (χ0v) is 13.0. The molecule has 114 valence electrons. The number of carbonyl (C=O) groups excluding carboxylic acids is 1. The smallest absolute Gasteiger partial charge is 0.258 e. The number of amides is 1. The summed E-state index contributed by atoms with van der Waals surface area (Å²) in [4.78, 5) is 11.7. The number of nitrogens with zero attached hydrogens (tertiary/aromatic N) is 2. The van der Waals surface area contributed by atoms with Crippen LogP contribution in [0, 0.1) is 13.8 Å². The molecule has 6 heteroatoms. The molecular formula is C14H25N3O3. The van der Waals surface area contributed by atoms with Gasteiger partial charge in [-0.3, -0.25) is 9.48 Å². The lowest BCUT2D eigenvalue weighted by atomic mass is 9.98. The first-order valence-electron chi connectivity index (χ1n) is 6.95. The third-order valence-corrected chi connectivity index (χ3v) is 3.72. The topological polar surface area (TPSA) is 76.4 Å². The number of nitrogens with one attached hydrogen (secondary N) is 1. The second-order valence-electron chi connectivity index (χ2n) is 5.12. The minimum absolute atomic E-state index is 0.0725. The second-order valence-corrected chi connectivity index (χ2v) is 5.12. The van der Waals surface area contributed by atoms with Crippen molar-refractivity contribution in [3.05, 3.63) is 11.4 Å². The van der Waals surface area contributed by atoms with E-state index in [9.17, 15) is 9.90 Å². The molecule has 0 atom stereocenters. The molecule has 0 unspecified atom stereocenters. The number of aliphatic hydroxyl groups is 1. The van der Waals surface area contributed by atoms with E-state index in [1.165, 1.54) is 0 Å². The largest absolute Gasteiger partial charge is 0.480 e. The lowest BCUT2D eigenvalue weighted by molar-refractivity contribution is -0.124. The molecule has 20 heavy (non-hydrogen) atoms. The van der Waals surface area contributed by atoms with Crippen LogP contribution < -0.4 is 10.1 Å². The molecule has 2 N–H and O–H groups in total. The van der Waals surface area contributed by atoms with E-state index in [1.54, 1.807) is 4.68 Å². The van der Waals surface area contributed by atoms with Gasteiger partial charge in [0.05, 0.1) is 11.3 Å². The van der Waals surface area contributed by atoms with Crippen molar-refractivity contribution >= 4 is 5.91 Å². The Morgan fingerprint density at radius 3 is 2.45 bits per heavy atom. The maximum atomic E-state index is 11.7. The highest BCUT2D eigenvalue weighted by Gasteiger charge is 2.23. The monoisotopic (exact) mass is 283 g/mol. The minimum atomic E-state index is -0.838. The van der Waals surface area contributed by atoms with Crippen LogP contribution in [0.4, 0.5) is 0 Å². The Balaban J connectivity index is 2.48. The van der Waals surface area contributed by atoms with Crippen molar-refractivity contribution in [2.45, 2.75) is 46.1 Å². The summed E-state index contributed by atoms with van der Waals surface area (Å²) >= 11 is 0. The predicted molar refractivity (Wildman–Crippen MR) is 76.7 cm³/mol. The van der Waals surface area contributed by atoms with Gasteiger partial charge in [-0.25, -0.2) is 0 Å². The molecular weight excluding hydrogens is 258 g/mol. The Kier molecular flexibility index (Phi) is 5.56. The van der Waals surface area contributed by atoms with Gasteiger partial charge in [0, 0.05) is 13.6 Å². The Morgan fingerprint density at radius 2 is 2.00 bits per heavy atom. The molecule has 0 aliphatic heterocycles. The first-order valence-corrected chi connectivity index (χ1v) is 6.95. The van der Waals surface area contributed by atoms with Crippen molar-refractivity contribution in [1.29, 1.82) is 0 Å². The lowest BCUT2D eigenvalue weighted by Crippen LogP contribution is -2.43. The van der Waals surface area contributed by atoms with E-state index in [1.807, 2.05) is 34.7 Å². The van der Waals surface area contributed by atoms with Gasteiger partial charge in [-0.1, -0.05) is 13.8 Å². The molecule has 1 aromatic rings. The van der Waals surface area contributed by atoms with Crippen LogP contribution in [0.15, 0.2) is 0 Å². The first kappa shape index (κ1) is 16.5. The van der Waals surface area contributed by atoms with Gasteiger partial charge < -0.3 is 15.2 Å². The predicted octanol–water partition coefficient (Wildman–Crippen LogP) is 1.08. The number of hydrogen-bond donors (Lipinski definition) is 2. The van der Waals surface area contributed by atoms with Crippen LogP contribution in [0.2, 0.25) is 0 Å². The number of ether oxygens (including phenoxy) is 1. The summed E-state index contributed by atoms with van der Waals surface area (Å²) in [7, 11) is 1.83. The standard InChI is InChI=1S/C14H25N3O3/c1-6-14(19,7-2)9-15-12(18)8-20-13-10(3)16-17(5)11(13)4/h19H,6-9H2,1-5H3,(H,15,18). The number of aromatic nitrogens is 2. The van der Waals surface area contributed by atoms with Crippen molar-refractivity contribution in [2.75, 3.05) is 13.2 Å². The molecule has 0 aliphatic rings. The van der Waals surface area contributed by atoms with Crippen LogP contribution >= 0.6 is 0 Å². The van der Waals surface area contributed by atoms with Gasteiger partial charge in [0.25, 0.3) is 5.91 Å². The van der Waals surface area contributed by atoms with Gasteiger partial charge in [0.2, 0.25) is 0 Å². The van der Waals surface area contributed by atoms with E-state index in [-0.39, 0.29) is 19.1 Å². The van der Waals surface area contributed by atoms with Crippen LogP contribution in [-0.2, 0) is 11.8 Å². The number of aryl methyl sites for hydroxylation is 2. The third-order valence-electron chi connectivity index (χ3n) is 3.72. The summed E-state index contributed by atoms with van der Waals surface area (Å²) in [6, 6.07) is 0. The van der Waals surface area contributed by atoms with Gasteiger partial charge in [0.1, 0.15) is 5.69 Å². The molecule has 1 amide bonds. The van der Waals surface area contributed by atoms with Crippen LogP contribution in [0.1, 0.15) is 38.1 Å². The van der Waals surface area contributed by atoms with Crippen LogP contribution in [0.3, 0.4) is 0 Å². The zero-order valence-electron chi connectivity index (χ0n) is 13.0. The van der Waals surface area contributed by atoms with E-state index in [0.717, 1.165) is 11.4 Å². The molecule has 1 aromatic heterocycles. The molecule has 0 saturated heterocycles. The van der Waals surface area contributed by atoms with Gasteiger partial charge in [-0.15, -0.1) is 0 Å². The summed E-state index contributed by atoms with van der Waals surface area (Å²) in [6.45, 7) is 7.69. The normalized spacial score (nSPS) is 11.5. The molecule has 1 heterocycles. The molecule has 0 aromatic carbocycles. The molecule has 0 saturated carbocycles. The maximum Gasteiger partial charge on any atom is 0.258 e. The van der Waals surface area contributed by atoms with Crippen molar-refractivity contribution in [2.24, 2.45) is 7.05 Å². The van der Waals surface area contributed by atoms with Crippen molar-refractivity contribution in [3.8, 4) is 5.75 Å². The average molecular weight is 283 g/mol. The van der Waals surface area contributed by atoms with E-state index in [4.69, 9.17) is 4.74 Å². The fourth-order valence-electron chi connectivity index (χ4n) is 1.91. The fourth-order valence-corrected chi connectivity index (χ4v) is 1.91. The van der Waals surface area contributed by atoms with E-state index in [0.29, 0.717) is 18.6 Å². The lowest BCUT2D eigenvalue weighted by Gasteiger charge is -2.25. The fraction of sp³-hybridized carbons (Fsp3) is 0.714. The minimum Gasteiger partial charge on any atom is -0.480 e. The highest BCUT2D eigenvalue weighted by molar-refractivity contribution is 5.77. The van der Waals surface area contributed by atoms with E-state index in [2.05, 4.69) is 10.4 Å². The molecule has 0 bridgehead atoms. The Bertz CT molecular complexity index is 464. The first-order chi connectivity index (χ1) is 9.33. The Hall–Kier alpha value is -1.56. The highest BCUT2D eigenvalue weighted by Crippen LogP contribution is 2.21. The molecule has 0 spiro atoms. The van der Waals surface area contributed by atoms with Gasteiger partial charge >= 0.3 is 0 Å². The highest BCUT2D eigenvalue weighted by atomic mass is 16.5. The second kappa shape index (κ2) is 6.74. The summed E-state index contributed by atoms with van der Waals surface area (Å²) in [5.41, 5.74) is 0.806. The third kappa shape index (κ3) is 3.96. The van der Waals surface area contributed by atoms with Crippen LogP contribution in [0.25, 0.3) is 0 Å². The van der Waals surface area contributed by atoms with E-state index < -0.39 is 5.60 Å². The molecule has 0 radical (unpaired) electrons. The molecule has 1 rings (SSSR count). The van der Waals surface area contributed by atoms with E-state index >= 15 is 0 Å². The van der Waals surface area contributed by atoms with Gasteiger partial charge in [-0.05, 0) is 26.7 Å². The quantitative estimate of drug-likeness (QED) is 0.785. The summed E-state index contributed by atoms with van der Waals surface area (Å²) in [6.07, 6.45) is 1.21. The number of rotatable bonds is 7. The van der Waals surface area contributed by atoms with Crippen LogP contribution in [0.5, 0.6) is 5.75 Å². The van der Waals surface area contributed by atoms with Gasteiger partial charge in [0.15, 0.2) is 12.4 Å². The van der Waals surface area contributed by atoms with Crippen molar-refractivity contribution in [1.82, 2.24) is 15.1 Å². The number of carbonyl (C=O) groups is 1. The van der Waals surface area contributed by atoms with Crippen molar-refractivity contribution < 1.29 is 14.6 Å². The summed E-state index contributed by atoms with van der Waals surface area (Å²) in [5, 5.41) is 17.0. The molecule has 0 fully saturated rings. The Labute approximate surface area is 120 Å². The van der Waals surface area contributed by atoms with Gasteiger partial charge in [-0.2, -0.15) is 5.10 Å². The Morgan fingerprint density at radius 1 is 1.40 bits per heavy atom. The number of hydrogen-bond acceptors (Lipinski definition) is 4. The van der Waals surface area contributed by atoms with Crippen molar-refractivity contribution in [3.63, 3.8) is 0 Å². The zero-order chi connectivity index (χ0) is 15.3. The summed E-state index contributed by atoms with van der Waals surface area (Å²) < 4.78 is 7.22. The molecule has 6 nitrogen and oxygen atoms in total. The van der Waals surface area contributed by atoms with Crippen LogP contribution in [-0.4, -0.2) is 39.5 Å². The average Bonchev–Trinajstić information content (AvgIpc) is 2.67. The summed E-state index contributed by atoms with van der Waals surface area (Å²) in [5.74, 6) is 0.400. The maximum absolute atomic E-state index is 11.7.